The minimum Gasteiger partial charge on any atom is -0.481 e. The van der Waals surface area contributed by atoms with Crippen molar-refractivity contribution in [3.63, 3.8) is 0 Å². The second kappa shape index (κ2) is 10.3. The van der Waals surface area contributed by atoms with Crippen LogP contribution in [0.15, 0.2) is 0 Å². The molecule has 0 saturated carbocycles. The van der Waals surface area contributed by atoms with Crippen LogP contribution in [-0.4, -0.2) is 61.6 Å². The fourth-order valence-corrected chi connectivity index (χ4v) is 1.39. The maximum Gasteiger partial charge on any atom is 0.303 e. The molecule has 0 aliphatic heterocycles. The van der Waals surface area contributed by atoms with Crippen molar-refractivity contribution in [3.8, 4) is 0 Å². The van der Waals surface area contributed by atoms with Crippen LogP contribution >= 0.6 is 0 Å². The number of carbonyl (C=O) groups excluding carboxylic acids is 2. The molecule has 0 heterocycles. The van der Waals surface area contributed by atoms with Gasteiger partial charge >= 0.3 is 5.97 Å². The number of hydrogen-bond acceptors (Lipinski definition) is 4. The van der Waals surface area contributed by atoms with E-state index in [9.17, 15) is 14.4 Å². The van der Waals surface area contributed by atoms with E-state index in [1.54, 1.807) is 7.11 Å². The number of amides is 2. The van der Waals surface area contributed by atoms with Crippen LogP contribution in [0.25, 0.3) is 0 Å². The van der Waals surface area contributed by atoms with Gasteiger partial charge in [-0.15, -0.1) is 0 Å². The van der Waals surface area contributed by atoms with Gasteiger partial charge in [0.25, 0.3) is 0 Å². The van der Waals surface area contributed by atoms with Crippen molar-refractivity contribution in [2.45, 2.75) is 25.7 Å². The second-order valence-electron chi connectivity index (χ2n) is 4.19. The van der Waals surface area contributed by atoms with Crippen LogP contribution in [0.1, 0.15) is 25.7 Å². The van der Waals surface area contributed by atoms with Crippen LogP contribution in [0.4, 0.5) is 0 Å². The largest absolute Gasteiger partial charge is 0.481 e. The Bertz CT molecular complexity index is 306. The molecule has 0 aromatic heterocycles. The number of methoxy groups -OCH3 is 1. The number of carboxylic acid groups (broad SMARTS) is 1. The third-order valence-electron chi connectivity index (χ3n) is 2.44. The van der Waals surface area contributed by atoms with Gasteiger partial charge in [0.2, 0.25) is 11.8 Å². The Morgan fingerprint density at radius 2 is 1.89 bits per heavy atom. The first-order chi connectivity index (χ1) is 8.97. The molecule has 0 fully saturated rings. The van der Waals surface area contributed by atoms with Gasteiger partial charge in [0.1, 0.15) is 0 Å². The van der Waals surface area contributed by atoms with Gasteiger partial charge in [0.15, 0.2) is 0 Å². The molecular formula is C12H22N2O5. The number of aliphatic carboxylic acids is 1. The number of rotatable bonds is 10. The standard InChI is InChI=1S/C12H22N2O5/c1-14(11(16)5-3-6-12(17)18)9-10(15)13-7-4-8-19-2/h3-9H2,1-2H3,(H,13,15)(H,17,18). The predicted octanol–water partition coefficient (Wildman–Crippen LogP) is -0.148. The van der Waals surface area contributed by atoms with Gasteiger partial charge in [0.05, 0.1) is 6.54 Å². The van der Waals surface area contributed by atoms with Gasteiger partial charge in [-0.25, -0.2) is 0 Å². The van der Waals surface area contributed by atoms with E-state index in [0.29, 0.717) is 13.2 Å². The van der Waals surface area contributed by atoms with Crippen LogP contribution in [0, 0.1) is 0 Å². The first-order valence-corrected chi connectivity index (χ1v) is 6.18. The van der Waals surface area contributed by atoms with Crippen molar-refractivity contribution in [3.05, 3.63) is 0 Å². The molecule has 0 saturated heterocycles. The summed E-state index contributed by atoms with van der Waals surface area (Å²) in [4.78, 5) is 34.6. The maximum atomic E-state index is 11.6. The molecule has 0 aliphatic rings. The van der Waals surface area contributed by atoms with Crippen LogP contribution in [0.3, 0.4) is 0 Å². The SMILES string of the molecule is COCCCNC(=O)CN(C)C(=O)CCCC(=O)O. The minimum absolute atomic E-state index is 0.0150. The quantitative estimate of drug-likeness (QED) is 0.540. The number of carboxylic acids is 1. The lowest BCUT2D eigenvalue weighted by atomic mass is 10.2. The van der Waals surface area contributed by atoms with Gasteiger partial charge in [0, 0.05) is 40.2 Å². The second-order valence-corrected chi connectivity index (χ2v) is 4.19. The molecule has 2 amide bonds. The molecule has 0 bridgehead atoms. The van der Waals surface area contributed by atoms with Crippen molar-refractivity contribution < 1.29 is 24.2 Å². The zero-order valence-electron chi connectivity index (χ0n) is 11.5. The van der Waals surface area contributed by atoms with Gasteiger partial charge in [-0.05, 0) is 12.8 Å². The maximum absolute atomic E-state index is 11.6. The van der Waals surface area contributed by atoms with E-state index >= 15 is 0 Å². The molecule has 0 aromatic carbocycles. The first-order valence-electron chi connectivity index (χ1n) is 6.18. The fourth-order valence-electron chi connectivity index (χ4n) is 1.39. The van der Waals surface area contributed by atoms with E-state index in [-0.39, 0.29) is 37.6 Å². The average Bonchev–Trinajstić information content (AvgIpc) is 2.34. The highest BCUT2D eigenvalue weighted by Gasteiger charge is 2.12. The van der Waals surface area contributed by atoms with Gasteiger partial charge in [-0.3, -0.25) is 14.4 Å². The lowest BCUT2D eigenvalue weighted by molar-refractivity contribution is -0.138. The van der Waals surface area contributed by atoms with E-state index in [1.165, 1.54) is 11.9 Å². The summed E-state index contributed by atoms with van der Waals surface area (Å²) in [5, 5.41) is 11.1. The molecule has 2 N–H and O–H groups in total. The molecule has 7 nitrogen and oxygen atoms in total. The number of ether oxygens (including phenoxy) is 1. The fraction of sp³-hybridized carbons (Fsp3) is 0.750. The molecule has 0 spiro atoms. The smallest absolute Gasteiger partial charge is 0.303 e. The normalized spacial score (nSPS) is 10.0. The number of hydrogen-bond donors (Lipinski definition) is 2. The van der Waals surface area contributed by atoms with Crippen LogP contribution < -0.4 is 5.32 Å². The highest BCUT2D eigenvalue weighted by Crippen LogP contribution is 1.99. The van der Waals surface area contributed by atoms with Gasteiger partial charge < -0.3 is 20.1 Å². The van der Waals surface area contributed by atoms with Crippen LogP contribution in [0.2, 0.25) is 0 Å². The lowest BCUT2D eigenvalue weighted by Gasteiger charge is -2.16. The van der Waals surface area contributed by atoms with Crippen molar-refractivity contribution in [2.75, 3.05) is 33.9 Å². The van der Waals surface area contributed by atoms with Crippen LogP contribution in [0.5, 0.6) is 0 Å². The van der Waals surface area contributed by atoms with E-state index in [4.69, 9.17) is 9.84 Å². The molecular weight excluding hydrogens is 252 g/mol. The van der Waals surface area contributed by atoms with E-state index in [0.717, 1.165) is 6.42 Å². The van der Waals surface area contributed by atoms with E-state index in [2.05, 4.69) is 5.32 Å². The van der Waals surface area contributed by atoms with Crippen molar-refractivity contribution in [2.24, 2.45) is 0 Å². The summed E-state index contributed by atoms with van der Waals surface area (Å²) in [5.74, 6) is -1.38. The highest BCUT2D eigenvalue weighted by atomic mass is 16.5. The summed E-state index contributed by atoms with van der Waals surface area (Å²) in [7, 11) is 3.11. The molecule has 19 heavy (non-hydrogen) atoms. The molecule has 0 aliphatic carbocycles. The highest BCUT2D eigenvalue weighted by molar-refractivity contribution is 5.84. The zero-order chi connectivity index (χ0) is 14.7. The summed E-state index contributed by atoms with van der Waals surface area (Å²) in [6.07, 6.45) is 1.11. The van der Waals surface area contributed by atoms with Crippen molar-refractivity contribution >= 4 is 17.8 Å². The first kappa shape index (κ1) is 17.4. The van der Waals surface area contributed by atoms with E-state index < -0.39 is 5.97 Å². The minimum atomic E-state index is -0.925. The third kappa shape index (κ3) is 10.0. The van der Waals surface area contributed by atoms with Crippen molar-refractivity contribution in [1.82, 2.24) is 10.2 Å². The summed E-state index contributed by atoms with van der Waals surface area (Å²) in [5.41, 5.74) is 0. The third-order valence-corrected chi connectivity index (χ3v) is 2.44. The Balaban J connectivity index is 3.75. The van der Waals surface area contributed by atoms with Gasteiger partial charge in [-0.2, -0.15) is 0 Å². The Kier molecular flexibility index (Phi) is 9.42. The molecule has 0 radical (unpaired) electrons. The Morgan fingerprint density at radius 1 is 1.21 bits per heavy atom. The molecule has 0 atom stereocenters. The van der Waals surface area contributed by atoms with Gasteiger partial charge in [-0.1, -0.05) is 0 Å². The number of nitrogens with zero attached hydrogens (tertiary/aromatic N) is 1. The predicted molar refractivity (Wildman–Crippen MR) is 68.6 cm³/mol. The topological polar surface area (TPSA) is 95.9 Å². The van der Waals surface area contributed by atoms with E-state index in [1.807, 2.05) is 0 Å². The number of nitrogens with one attached hydrogen (secondary N) is 1. The van der Waals surface area contributed by atoms with Crippen molar-refractivity contribution in [1.29, 1.82) is 0 Å². The summed E-state index contributed by atoms with van der Waals surface area (Å²) < 4.78 is 4.84. The zero-order valence-corrected chi connectivity index (χ0v) is 11.5. The summed E-state index contributed by atoms with van der Waals surface area (Å²) in [6, 6.07) is 0. The Hall–Kier alpha value is -1.63. The average molecular weight is 274 g/mol. The number of carbonyl (C=O) groups is 3. The molecule has 0 unspecified atom stereocenters. The number of likely N-dealkylation sites (N-methyl/N-ethyl adjacent to an activating group) is 1. The Morgan fingerprint density at radius 3 is 2.47 bits per heavy atom. The molecule has 110 valence electrons. The molecule has 7 heteroatoms. The van der Waals surface area contributed by atoms with Crippen LogP contribution in [-0.2, 0) is 19.1 Å². The Labute approximate surface area is 112 Å². The summed E-state index contributed by atoms with van der Waals surface area (Å²) >= 11 is 0. The molecule has 0 aromatic rings. The lowest BCUT2D eigenvalue weighted by Crippen LogP contribution is -2.38. The monoisotopic (exact) mass is 274 g/mol. The molecule has 0 rings (SSSR count). The summed E-state index contributed by atoms with van der Waals surface area (Å²) in [6.45, 7) is 1.07.